The highest BCUT2D eigenvalue weighted by Crippen LogP contribution is 2.35. The average molecular weight is 408 g/mol. The van der Waals surface area contributed by atoms with E-state index in [2.05, 4.69) is 15.7 Å². The van der Waals surface area contributed by atoms with Gasteiger partial charge < -0.3 is 10.6 Å². The Morgan fingerprint density at radius 3 is 2.35 bits per heavy atom. The second-order valence-corrected chi connectivity index (χ2v) is 7.43. The summed E-state index contributed by atoms with van der Waals surface area (Å²) in [6.07, 6.45) is 1.72. The number of fused-ring (bicyclic) bond motifs is 1. The largest absolute Gasteiger partial charge is 0.361 e. The Bertz CT molecular complexity index is 1360. The molecule has 4 aromatic rings. The lowest BCUT2D eigenvalue weighted by atomic mass is 10.0. The molecule has 6 nitrogen and oxygen atoms in total. The summed E-state index contributed by atoms with van der Waals surface area (Å²) in [4.78, 5) is 24.0. The van der Waals surface area contributed by atoms with Gasteiger partial charge in [-0.3, -0.25) is 19.4 Å². The van der Waals surface area contributed by atoms with E-state index in [1.165, 1.54) is 0 Å². The van der Waals surface area contributed by atoms with Gasteiger partial charge in [0.05, 0.1) is 11.3 Å². The molecule has 0 aliphatic carbocycles. The molecule has 6 heteroatoms. The van der Waals surface area contributed by atoms with E-state index >= 15 is 0 Å². The molecule has 1 aliphatic rings. The molecule has 3 N–H and O–H groups in total. The molecule has 152 valence electrons. The fourth-order valence-electron chi connectivity index (χ4n) is 3.76. The Morgan fingerprint density at radius 1 is 0.871 bits per heavy atom. The van der Waals surface area contributed by atoms with Gasteiger partial charge in [0.2, 0.25) is 0 Å². The zero-order valence-electron chi connectivity index (χ0n) is 16.8. The number of nitrogens with zero attached hydrogens (tertiary/aromatic N) is 1. The van der Waals surface area contributed by atoms with Crippen molar-refractivity contribution < 1.29 is 4.79 Å². The third-order valence-electron chi connectivity index (χ3n) is 5.33. The minimum Gasteiger partial charge on any atom is -0.361 e. The van der Waals surface area contributed by atoms with E-state index in [0.29, 0.717) is 5.57 Å². The van der Waals surface area contributed by atoms with Crippen LogP contribution in [0.4, 0.5) is 11.4 Å². The number of rotatable bonds is 4. The topological polar surface area (TPSA) is 78.9 Å². The Kier molecular flexibility index (Phi) is 4.52. The van der Waals surface area contributed by atoms with Crippen LogP contribution in [0, 0.1) is 6.92 Å². The molecule has 0 spiro atoms. The Hall–Kier alpha value is -4.32. The fraction of sp³-hybridized carbons (Fsp3) is 0.0400. The third kappa shape index (κ3) is 3.55. The first-order chi connectivity index (χ1) is 15.1. The molecule has 0 bridgehead atoms. The van der Waals surface area contributed by atoms with Crippen LogP contribution in [0.2, 0.25) is 0 Å². The van der Waals surface area contributed by atoms with Gasteiger partial charge in [0.25, 0.3) is 11.5 Å². The number of carbonyl (C=O) groups is 1. The number of aromatic nitrogens is 2. The van der Waals surface area contributed by atoms with Crippen molar-refractivity contribution >= 4 is 22.9 Å². The van der Waals surface area contributed by atoms with Crippen molar-refractivity contribution in [2.75, 3.05) is 10.6 Å². The number of nitrogens with one attached hydrogen (secondary N) is 3. The number of hydrogen-bond donors (Lipinski definition) is 3. The third-order valence-corrected chi connectivity index (χ3v) is 5.33. The molecule has 0 saturated carbocycles. The molecule has 1 aromatic heterocycles. The molecule has 5 rings (SSSR count). The highest BCUT2D eigenvalue weighted by Gasteiger charge is 2.24. The van der Waals surface area contributed by atoms with Crippen LogP contribution in [0.25, 0.3) is 22.4 Å². The maximum Gasteiger partial charge on any atom is 0.264 e. The summed E-state index contributed by atoms with van der Waals surface area (Å²) in [5, 5.41) is 8.91. The summed E-state index contributed by atoms with van der Waals surface area (Å²) in [5.74, 6) is -0.134. The molecule has 0 radical (unpaired) electrons. The number of benzene rings is 3. The minimum absolute atomic E-state index is 0.134. The predicted octanol–water partition coefficient (Wildman–Crippen LogP) is 4.55. The van der Waals surface area contributed by atoms with Crippen molar-refractivity contribution in [3.05, 3.63) is 107 Å². The van der Waals surface area contributed by atoms with Crippen molar-refractivity contribution in [3.8, 4) is 16.8 Å². The fourth-order valence-corrected chi connectivity index (χ4v) is 3.76. The number of aryl methyl sites for hydroxylation is 1. The summed E-state index contributed by atoms with van der Waals surface area (Å²) in [6.45, 7) is 1.87. The standard InChI is InChI=1S/C25H20N4O2/c1-16-13-24(30)28-29(16)20-10-8-19(9-11-20)26-15-22-21-12-7-18(14-23(21)27-25(22)31)17-5-3-2-4-6-17/h2-15,26H,1H3,(H,27,31)(H,28,30)/b22-15+. The predicted molar refractivity (Wildman–Crippen MR) is 123 cm³/mol. The second-order valence-electron chi connectivity index (χ2n) is 7.43. The second kappa shape index (κ2) is 7.50. The molecule has 0 unspecified atom stereocenters. The monoisotopic (exact) mass is 408 g/mol. The molecule has 31 heavy (non-hydrogen) atoms. The number of carbonyl (C=O) groups excluding carboxylic acids is 1. The Morgan fingerprint density at radius 2 is 1.65 bits per heavy atom. The SMILES string of the molecule is Cc1cc(=O)[nH]n1-c1ccc(N/C=C2/C(=O)Nc3cc(-c4ccccc4)ccc32)cc1. The quantitative estimate of drug-likeness (QED) is 0.434. The van der Waals surface area contributed by atoms with Crippen molar-refractivity contribution in [1.82, 2.24) is 9.78 Å². The lowest BCUT2D eigenvalue weighted by Crippen LogP contribution is -2.05. The van der Waals surface area contributed by atoms with Crippen LogP contribution in [0.5, 0.6) is 0 Å². The van der Waals surface area contributed by atoms with Crippen LogP contribution in [0.15, 0.2) is 89.9 Å². The summed E-state index contributed by atoms with van der Waals surface area (Å²) in [5.41, 5.74) is 6.83. The van der Waals surface area contributed by atoms with E-state index in [1.54, 1.807) is 16.9 Å². The van der Waals surface area contributed by atoms with Crippen molar-refractivity contribution in [2.45, 2.75) is 6.92 Å². The van der Waals surface area contributed by atoms with Crippen LogP contribution in [0.1, 0.15) is 11.3 Å². The van der Waals surface area contributed by atoms with Gasteiger partial charge in [-0.05, 0) is 48.4 Å². The van der Waals surface area contributed by atoms with Gasteiger partial charge in [0, 0.05) is 34.9 Å². The first kappa shape index (κ1) is 18.7. The summed E-state index contributed by atoms with van der Waals surface area (Å²) >= 11 is 0. The highest BCUT2D eigenvalue weighted by molar-refractivity contribution is 6.31. The zero-order valence-corrected chi connectivity index (χ0v) is 16.8. The molecular weight excluding hydrogens is 388 g/mol. The van der Waals surface area contributed by atoms with Gasteiger partial charge >= 0.3 is 0 Å². The van der Waals surface area contributed by atoms with Gasteiger partial charge in [-0.15, -0.1) is 0 Å². The Balaban J connectivity index is 1.38. The van der Waals surface area contributed by atoms with E-state index in [4.69, 9.17) is 0 Å². The van der Waals surface area contributed by atoms with E-state index in [1.807, 2.05) is 79.7 Å². The number of aromatic amines is 1. The molecule has 0 atom stereocenters. The van der Waals surface area contributed by atoms with Crippen LogP contribution < -0.4 is 16.2 Å². The molecule has 1 aliphatic heterocycles. The van der Waals surface area contributed by atoms with E-state index < -0.39 is 0 Å². The minimum atomic E-state index is -0.134. The smallest absolute Gasteiger partial charge is 0.264 e. The van der Waals surface area contributed by atoms with Crippen LogP contribution in [0.3, 0.4) is 0 Å². The van der Waals surface area contributed by atoms with Gasteiger partial charge in [-0.2, -0.15) is 0 Å². The van der Waals surface area contributed by atoms with Gasteiger partial charge in [0.1, 0.15) is 0 Å². The van der Waals surface area contributed by atoms with E-state index in [9.17, 15) is 9.59 Å². The van der Waals surface area contributed by atoms with Crippen molar-refractivity contribution in [2.24, 2.45) is 0 Å². The summed E-state index contributed by atoms with van der Waals surface area (Å²) in [7, 11) is 0. The van der Waals surface area contributed by atoms with Crippen molar-refractivity contribution in [1.29, 1.82) is 0 Å². The van der Waals surface area contributed by atoms with Crippen molar-refractivity contribution in [3.63, 3.8) is 0 Å². The molecule has 3 aromatic carbocycles. The Labute approximate surface area is 178 Å². The lowest BCUT2D eigenvalue weighted by molar-refractivity contribution is -0.110. The maximum absolute atomic E-state index is 12.5. The summed E-state index contributed by atoms with van der Waals surface area (Å²) in [6, 6.07) is 25.2. The van der Waals surface area contributed by atoms with E-state index in [-0.39, 0.29) is 11.5 Å². The molecule has 1 amide bonds. The average Bonchev–Trinajstić information content (AvgIpc) is 3.29. The lowest BCUT2D eigenvalue weighted by Gasteiger charge is -2.07. The molecule has 0 fully saturated rings. The first-order valence-electron chi connectivity index (χ1n) is 9.95. The van der Waals surface area contributed by atoms with Crippen LogP contribution in [-0.4, -0.2) is 15.7 Å². The molecular formula is C25H20N4O2. The van der Waals surface area contributed by atoms with Gasteiger partial charge in [0.15, 0.2) is 0 Å². The summed E-state index contributed by atoms with van der Waals surface area (Å²) < 4.78 is 1.73. The number of hydrogen-bond acceptors (Lipinski definition) is 3. The van der Waals surface area contributed by atoms with Crippen LogP contribution >= 0.6 is 0 Å². The maximum atomic E-state index is 12.5. The molecule has 2 heterocycles. The highest BCUT2D eigenvalue weighted by atomic mass is 16.2. The van der Waals surface area contributed by atoms with Gasteiger partial charge in [-0.25, -0.2) is 0 Å². The van der Waals surface area contributed by atoms with E-state index in [0.717, 1.165) is 39.4 Å². The van der Waals surface area contributed by atoms with Gasteiger partial charge in [-0.1, -0.05) is 42.5 Å². The molecule has 0 saturated heterocycles. The first-order valence-corrected chi connectivity index (χ1v) is 9.95. The number of anilines is 2. The number of H-pyrrole nitrogens is 1. The normalized spacial score (nSPS) is 13.8. The zero-order chi connectivity index (χ0) is 21.4. The van der Waals surface area contributed by atoms with Crippen LogP contribution in [-0.2, 0) is 4.79 Å². The number of amides is 1.